The summed E-state index contributed by atoms with van der Waals surface area (Å²) in [5, 5.41) is 0. The highest BCUT2D eigenvalue weighted by Gasteiger charge is 2.44. The van der Waals surface area contributed by atoms with Crippen LogP contribution in [0.2, 0.25) is 0 Å². The molecule has 2 aromatic heterocycles. The van der Waals surface area contributed by atoms with Gasteiger partial charge in [-0.05, 0) is 32.0 Å². The van der Waals surface area contributed by atoms with Crippen LogP contribution in [0.4, 0.5) is 19.1 Å². The van der Waals surface area contributed by atoms with Crippen molar-refractivity contribution in [2.24, 2.45) is 11.8 Å². The van der Waals surface area contributed by atoms with Gasteiger partial charge in [-0.25, -0.2) is 9.97 Å². The van der Waals surface area contributed by atoms with Gasteiger partial charge < -0.3 is 9.80 Å². The third kappa shape index (κ3) is 3.41. The Labute approximate surface area is 160 Å². The first-order valence-electron chi connectivity index (χ1n) is 9.11. The summed E-state index contributed by atoms with van der Waals surface area (Å²) in [4.78, 5) is 28.7. The van der Waals surface area contributed by atoms with E-state index in [-0.39, 0.29) is 17.4 Å². The SMILES string of the molecule is Cc1cc(C)nc(N2CC3CN(C(=O)c4cccnc4C(F)(F)F)CC3C2)n1. The van der Waals surface area contributed by atoms with Crippen molar-refractivity contribution >= 4 is 11.9 Å². The lowest BCUT2D eigenvalue weighted by atomic mass is 10.0. The van der Waals surface area contributed by atoms with Gasteiger partial charge in [-0.1, -0.05) is 0 Å². The highest BCUT2D eigenvalue weighted by molar-refractivity contribution is 5.95. The van der Waals surface area contributed by atoms with Gasteiger partial charge in [0.15, 0.2) is 5.69 Å². The van der Waals surface area contributed by atoms with E-state index < -0.39 is 17.8 Å². The maximum absolute atomic E-state index is 13.2. The van der Waals surface area contributed by atoms with Crippen LogP contribution < -0.4 is 4.90 Å². The summed E-state index contributed by atoms with van der Waals surface area (Å²) in [6.45, 7) is 6.07. The molecule has 2 atom stereocenters. The molecule has 2 aliphatic heterocycles. The van der Waals surface area contributed by atoms with Crippen LogP contribution in [0.15, 0.2) is 24.4 Å². The largest absolute Gasteiger partial charge is 0.434 e. The number of alkyl halides is 3. The van der Waals surface area contributed by atoms with Crippen molar-refractivity contribution in [3.05, 3.63) is 47.0 Å². The van der Waals surface area contributed by atoms with Crippen molar-refractivity contribution in [2.75, 3.05) is 31.1 Å². The second-order valence-corrected chi connectivity index (χ2v) is 7.48. The average molecular weight is 391 g/mol. The Kier molecular flexibility index (Phi) is 4.47. The number of rotatable bonds is 2. The number of anilines is 1. The Bertz CT molecular complexity index is 882. The van der Waals surface area contributed by atoms with Crippen LogP contribution in [-0.4, -0.2) is 51.9 Å². The van der Waals surface area contributed by atoms with E-state index >= 15 is 0 Å². The zero-order chi connectivity index (χ0) is 20.1. The number of fused-ring (bicyclic) bond motifs is 1. The van der Waals surface area contributed by atoms with Crippen molar-refractivity contribution in [2.45, 2.75) is 20.0 Å². The highest BCUT2D eigenvalue weighted by atomic mass is 19.4. The van der Waals surface area contributed by atoms with E-state index in [1.807, 2.05) is 19.9 Å². The fourth-order valence-electron chi connectivity index (χ4n) is 4.15. The zero-order valence-electron chi connectivity index (χ0n) is 15.6. The van der Waals surface area contributed by atoms with E-state index in [9.17, 15) is 18.0 Å². The molecule has 1 amide bonds. The van der Waals surface area contributed by atoms with Crippen LogP contribution in [0.3, 0.4) is 0 Å². The molecule has 0 spiro atoms. The Morgan fingerprint density at radius 2 is 1.68 bits per heavy atom. The van der Waals surface area contributed by atoms with E-state index in [1.54, 1.807) is 0 Å². The van der Waals surface area contributed by atoms with Crippen LogP contribution in [0.25, 0.3) is 0 Å². The number of nitrogens with zero attached hydrogens (tertiary/aromatic N) is 5. The zero-order valence-corrected chi connectivity index (χ0v) is 15.6. The minimum atomic E-state index is -4.65. The average Bonchev–Trinajstić information content (AvgIpc) is 3.18. The first kappa shape index (κ1) is 18.6. The van der Waals surface area contributed by atoms with Gasteiger partial charge >= 0.3 is 6.18 Å². The summed E-state index contributed by atoms with van der Waals surface area (Å²) >= 11 is 0. The van der Waals surface area contributed by atoms with E-state index in [2.05, 4.69) is 19.9 Å². The summed E-state index contributed by atoms with van der Waals surface area (Å²) < 4.78 is 39.5. The number of carbonyl (C=O) groups excluding carboxylic acids is 1. The number of aryl methyl sites for hydroxylation is 2. The molecule has 2 unspecified atom stereocenters. The normalized spacial score (nSPS) is 21.9. The van der Waals surface area contributed by atoms with Gasteiger partial charge in [-0.3, -0.25) is 9.78 Å². The fourth-order valence-corrected chi connectivity index (χ4v) is 4.15. The molecule has 0 N–H and O–H groups in total. The third-order valence-corrected chi connectivity index (χ3v) is 5.33. The number of hydrogen-bond acceptors (Lipinski definition) is 5. The quantitative estimate of drug-likeness (QED) is 0.788. The minimum absolute atomic E-state index is 0.194. The van der Waals surface area contributed by atoms with E-state index in [0.29, 0.717) is 32.1 Å². The van der Waals surface area contributed by atoms with Gasteiger partial charge in [0.1, 0.15) is 0 Å². The predicted octanol–water partition coefficient (Wildman–Crippen LogP) is 2.72. The molecule has 6 nitrogen and oxygen atoms in total. The third-order valence-electron chi connectivity index (χ3n) is 5.33. The number of amides is 1. The lowest BCUT2D eigenvalue weighted by molar-refractivity contribution is -0.141. The van der Waals surface area contributed by atoms with Crippen molar-refractivity contribution < 1.29 is 18.0 Å². The van der Waals surface area contributed by atoms with Gasteiger partial charge in [0.05, 0.1) is 5.56 Å². The summed E-state index contributed by atoms with van der Waals surface area (Å²) in [5.41, 5.74) is 0.284. The molecule has 2 fully saturated rings. The first-order chi connectivity index (χ1) is 13.2. The van der Waals surface area contributed by atoms with E-state index in [1.165, 1.54) is 17.0 Å². The molecular weight excluding hydrogens is 371 g/mol. The lowest BCUT2D eigenvalue weighted by Crippen LogP contribution is -2.35. The van der Waals surface area contributed by atoms with Crippen molar-refractivity contribution in [1.82, 2.24) is 19.9 Å². The van der Waals surface area contributed by atoms with Gasteiger partial charge in [0.25, 0.3) is 5.91 Å². The molecule has 9 heteroatoms. The molecule has 0 saturated carbocycles. The minimum Gasteiger partial charge on any atom is -0.340 e. The first-order valence-corrected chi connectivity index (χ1v) is 9.11. The maximum atomic E-state index is 13.2. The number of halogens is 3. The lowest BCUT2D eigenvalue weighted by Gasteiger charge is -2.23. The second kappa shape index (κ2) is 6.72. The topological polar surface area (TPSA) is 62.2 Å². The standard InChI is InChI=1S/C19H20F3N5O/c1-11-6-12(2)25-18(24-11)27-9-13-7-26(8-14(13)10-27)17(28)15-4-3-5-23-16(15)19(20,21)22/h3-6,13-14H,7-10H2,1-2H3. The summed E-state index contributed by atoms with van der Waals surface area (Å²) in [6.07, 6.45) is -3.60. The van der Waals surface area contributed by atoms with Crippen molar-refractivity contribution in [1.29, 1.82) is 0 Å². The molecule has 4 rings (SSSR count). The van der Waals surface area contributed by atoms with Crippen molar-refractivity contribution in [3.8, 4) is 0 Å². The van der Waals surface area contributed by atoms with Gasteiger partial charge in [-0.2, -0.15) is 13.2 Å². The van der Waals surface area contributed by atoms with Crippen molar-refractivity contribution in [3.63, 3.8) is 0 Å². The van der Waals surface area contributed by atoms with E-state index in [0.717, 1.165) is 17.6 Å². The fraction of sp³-hybridized carbons (Fsp3) is 0.474. The molecular formula is C19H20F3N5O. The van der Waals surface area contributed by atoms with Gasteiger partial charge in [0.2, 0.25) is 5.95 Å². The molecule has 28 heavy (non-hydrogen) atoms. The maximum Gasteiger partial charge on any atom is 0.434 e. The molecule has 2 aromatic rings. The number of likely N-dealkylation sites (tertiary alicyclic amines) is 1. The van der Waals surface area contributed by atoms with Crippen LogP contribution in [0, 0.1) is 25.7 Å². The van der Waals surface area contributed by atoms with Gasteiger partial charge in [0, 0.05) is 55.6 Å². The highest BCUT2D eigenvalue weighted by Crippen LogP contribution is 2.35. The monoisotopic (exact) mass is 391 g/mol. The summed E-state index contributed by atoms with van der Waals surface area (Å²) in [6, 6.07) is 4.47. The Hall–Kier alpha value is -2.71. The van der Waals surface area contributed by atoms with Crippen LogP contribution >= 0.6 is 0 Å². The molecule has 4 heterocycles. The Morgan fingerprint density at radius 3 is 2.25 bits per heavy atom. The smallest absolute Gasteiger partial charge is 0.340 e. The Balaban J connectivity index is 1.48. The van der Waals surface area contributed by atoms with Gasteiger partial charge in [-0.15, -0.1) is 0 Å². The Morgan fingerprint density at radius 1 is 1.07 bits per heavy atom. The van der Waals surface area contributed by atoms with Crippen LogP contribution in [-0.2, 0) is 6.18 Å². The number of pyridine rings is 1. The predicted molar refractivity (Wildman–Crippen MR) is 95.8 cm³/mol. The second-order valence-electron chi connectivity index (χ2n) is 7.48. The molecule has 0 aliphatic carbocycles. The number of hydrogen-bond donors (Lipinski definition) is 0. The number of aromatic nitrogens is 3. The molecule has 148 valence electrons. The van der Waals surface area contributed by atoms with E-state index in [4.69, 9.17) is 0 Å². The molecule has 0 radical (unpaired) electrons. The molecule has 0 bridgehead atoms. The summed E-state index contributed by atoms with van der Waals surface area (Å²) in [7, 11) is 0. The van der Waals surface area contributed by atoms with Crippen LogP contribution in [0.1, 0.15) is 27.4 Å². The molecule has 2 aliphatic rings. The van der Waals surface area contributed by atoms with Crippen LogP contribution in [0.5, 0.6) is 0 Å². The number of carbonyl (C=O) groups is 1. The summed E-state index contributed by atoms with van der Waals surface area (Å²) in [5.74, 6) is 0.458. The molecule has 0 aromatic carbocycles. The molecule has 2 saturated heterocycles.